The van der Waals surface area contributed by atoms with Crippen LogP contribution in [0.5, 0.6) is 0 Å². The van der Waals surface area contributed by atoms with E-state index in [0.717, 1.165) is 37.2 Å². The number of halogens is 3. The molecular formula is C20H20F3NO. The number of rotatable bonds is 4. The summed E-state index contributed by atoms with van der Waals surface area (Å²) in [6.45, 7) is 2.04. The van der Waals surface area contributed by atoms with Gasteiger partial charge in [-0.05, 0) is 48.6 Å². The molecule has 1 aliphatic rings. The number of hydrogen-bond acceptors (Lipinski definition) is 2. The molecule has 0 spiro atoms. The molecule has 5 heteroatoms. The average Bonchev–Trinajstić information content (AvgIpc) is 2.62. The summed E-state index contributed by atoms with van der Waals surface area (Å²) < 4.78 is 37.7. The number of piperidine rings is 1. The molecule has 1 atom stereocenters. The summed E-state index contributed by atoms with van der Waals surface area (Å²) in [7, 11) is 0. The van der Waals surface area contributed by atoms with Crippen LogP contribution in [-0.2, 0) is 12.6 Å². The molecule has 1 fully saturated rings. The van der Waals surface area contributed by atoms with Gasteiger partial charge in [-0.15, -0.1) is 0 Å². The first-order chi connectivity index (χ1) is 11.9. The normalized spacial score (nSPS) is 18.1. The van der Waals surface area contributed by atoms with Gasteiger partial charge in [-0.1, -0.05) is 36.4 Å². The summed E-state index contributed by atoms with van der Waals surface area (Å²) in [6.07, 6.45) is -1.87. The van der Waals surface area contributed by atoms with Gasteiger partial charge in [-0.3, -0.25) is 4.79 Å². The fourth-order valence-electron chi connectivity index (χ4n) is 3.18. The molecule has 0 saturated carbocycles. The number of ketones is 1. The van der Waals surface area contributed by atoms with E-state index in [9.17, 15) is 18.0 Å². The molecule has 1 N–H and O–H groups in total. The van der Waals surface area contributed by atoms with Crippen molar-refractivity contribution < 1.29 is 18.0 Å². The standard InChI is InChI=1S/C20H20F3NO/c21-20(22,23)18-9-7-16(8-10-18)19(25)12-14-3-5-15(6-4-14)17-2-1-11-24-13-17/h3-10,17,24H,1-2,11-13H2. The van der Waals surface area contributed by atoms with Gasteiger partial charge in [-0.2, -0.15) is 13.2 Å². The van der Waals surface area contributed by atoms with Crippen LogP contribution in [0.25, 0.3) is 0 Å². The Morgan fingerprint density at radius 1 is 1.04 bits per heavy atom. The second kappa shape index (κ2) is 7.40. The lowest BCUT2D eigenvalue weighted by molar-refractivity contribution is -0.137. The Labute approximate surface area is 145 Å². The summed E-state index contributed by atoms with van der Waals surface area (Å²) in [5.74, 6) is 0.328. The van der Waals surface area contributed by atoms with Crippen LogP contribution >= 0.6 is 0 Å². The lowest BCUT2D eigenvalue weighted by atomic mass is 9.90. The summed E-state index contributed by atoms with van der Waals surface area (Å²) in [5.41, 5.74) is 1.69. The van der Waals surface area contributed by atoms with Gasteiger partial charge in [0, 0.05) is 18.5 Å². The maximum Gasteiger partial charge on any atom is 0.416 e. The van der Waals surface area contributed by atoms with E-state index < -0.39 is 11.7 Å². The smallest absolute Gasteiger partial charge is 0.316 e. The molecule has 2 aromatic rings. The van der Waals surface area contributed by atoms with E-state index in [0.29, 0.717) is 11.5 Å². The van der Waals surface area contributed by atoms with Gasteiger partial charge in [0.2, 0.25) is 0 Å². The molecule has 0 aliphatic carbocycles. The molecule has 25 heavy (non-hydrogen) atoms. The summed E-state index contributed by atoms with van der Waals surface area (Å²) in [5, 5.41) is 3.38. The molecule has 0 bridgehead atoms. The number of alkyl halides is 3. The zero-order valence-corrected chi connectivity index (χ0v) is 13.8. The Kier molecular flexibility index (Phi) is 5.23. The molecule has 132 valence electrons. The fourth-order valence-corrected chi connectivity index (χ4v) is 3.18. The number of carbonyl (C=O) groups is 1. The van der Waals surface area contributed by atoms with E-state index in [4.69, 9.17) is 0 Å². The van der Waals surface area contributed by atoms with Gasteiger partial charge in [-0.25, -0.2) is 0 Å². The molecule has 1 unspecified atom stereocenters. The lowest BCUT2D eigenvalue weighted by Gasteiger charge is -2.23. The SMILES string of the molecule is O=C(Cc1ccc(C2CCCNC2)cc1)c1ccc(C(F)(F)F)cc1. The summed E-state index contributed by atoms with van der Waals surface area (Å²) >= 11 is 0. The number of hydrogen-bond donors (Lipinski definition) is 1. The molecule has 0 aromatic heterocycles. The molecule has 1 saturated heterocycles. The van der Waals surface area contributed by atoms with Crippen molar-refractivity contribution >= 4 is 5.78 Å². The minimum absolute atomic E-state index is 0.180. The van der Waals surface area contributed by atoms with E-state index in [1.54, 1.807) is 0 Å². The van der Waals surface area contributed by atoms with Crippen molar-refractivity contribution in [3.8, 4) is 0 Å². The molecule has 3 rings (SSSR count). The number of nitrogens with one attached hydrogen (secondary N) is 1. The monoisotopic (exact) mass is 347 g/mol. The average molecular weight is 347 g/mol. The van der Waals surface area contributed by atoms with Gasteiger partial charge in [0.25, 0.3) is 0 Å². The van der Waals surface area contributed by atoms with E-state index in [1.165, 1.54) is 24.1 Å². The highest BCUT2D eigenvalue weighted by Gasteiger charge is 2.30. The van der Waals surface area contributed by atoms with Crippen molar-refractivity contribution in [1.82, 2.24) is 5.32 Å². The van der Waals surface area contributed by atoms with Crippen molar-refractivity contribution in [2.24, 2.45) is 0 Å². The lowest BCUT2D eigenvalue weighted by Crippen LogP contribution is -2.28. The molecule has 2 nitrogen and oxygen atoms in total. The molecule has 0 amide bonds. The second-order valence-corrected chi connectivity index (χ2v) is 6.46. The van der Waals surface area contributed by atoms with Crippen LogP contribution < -0.4 is 5.32 Å². The quantitative estimate of drug-likeness (QED) is 0.819. The van der Waals surface area contributed by atoms with E-state index in [1.807, 2.05) is 24.3 Å². The number of carbonyl (C=O) groups excluding carboxylic acids is 1. The van der Waals surface area contributed by atoms with Crippen molar-refractivity contribution in [1.29, 1.82) is 0 Å². The molecule has 1 heterocycles. The zero-order valence-electron chi connectivity index (χ0n) is 13.8. The van der Waals surface area contributed by atoms with E-state index in [2.05, 4.69) is 5.32 Å². The largest absolute Gasteiger partial charge is 0.416 e. The highest BCUT2D eigenvalue weighted by molar-refractivity contribution is 5.97. The Morgan fingerprint density at radius 2 is 1.72 bits per heavy atom. The van der Waals surface area contributed by atoms with Crippen LogP contribution in [0.2, 0.25) is 0 Å². The van der Waals surface area contributed by atoms with Gasteiger partial charge < -0.3 is 5.32 Å². The van der Waals surface area contributed by atoms with Crippen LogP contribution in [0.4, 0.5) is 13.2 Å². The summed E-state index contributed by atoms with van der Waals surface area (Å²) in [4.78, 5) is 12.3. The first kappa shape index (κ1) is 17.7. The first-order valence-electron chi connectivity index (χ1n) is 8.43. The Morgan fingerprint density at radius 3 is 2.28 bits per heavy atom. The number of Topliss-reactive ketones (excluding diaryl/α,β-unsaturated/α-hetero) is 1. The minimum atomic E-state index is -4.38. The third-order valence-electron chi connectivity index (χ3n) is 4.65. The Hall–Kier alpha value is -2.14. The van der Waals surface area contributed by atoms with Crippen molar-refractivity contribution in [2.45, 2.75) is 31.4 Å². The molecule has 1 aliphatic heterocycles. The number of benzene rings is 2. The zero-order chi connectivity index (χ0) is 17.9. The van der Waals surface area contributed by atoms with Crippen molar-refractivity contribution in [2.75, 3.05) is 13.1 Å². The van der Waals surface area contributed by atoms with Gasteiger partial charge in [0.15, 0.2) is 5.78 Å². The molecular weight excluding hydrogens is 327 g/mol. The van der Waals surface area contributed by atoms with Crippen LogP contribution in [0.3, 0.4) is 0 Å². The highest BCUT2D eigenvalue weighted by Crippen LogP contribution is 2.29. The first-order valence-corrected chi connectivity index (χ1v) is 8.43. The van der Waals surface area contributed by atoms with Crippen LogP contribution in [0.1, 0.15) is 45.8 Å². The van der Waals surface area contributed by atoms with Crippen LogP contribution in [0, 0.1) is 0 Å². The predicted octanol–water partition coefficient (Wildman–Crippen LogP) is 4.60. The fraction of sp³-hybridized carbons (Fsp3) is 0.350. The molecule has 2 aromatic carbocycles. The Bertz CT molecular complexity index is 714. The maximum atomic E-state index is 12.6. The van der Waals surface area contributed by atoms with E-state index in [-0.39, 0.29) is 12.2 Å². The molecule has 0 radical (unpaired) electrons. The third kappa shape index (κ3) is 4.48. The second-order valence-electron chi connectivity index (χ2n) is 6.46. The van der Waals surface area contributed by atoms with Gasteiger partial charge in [0.05, 0.1) is 5.56 Å². The van der Waals surface area contributed by atoms with Crippen LogP contribution in [0.15, 0.2) is 48.5 Å². The van der Waals surface area contributed by atoms with E-state index >= 15 is 0 Å². The van der Waals surface area contributed by atoms with Gasteiger partial charge >= 0.3 is 6.18 Å². The Balaban J connectivity index is 1.64. The van der Waals surface area contributed by atoms with Gasteiger partial charge in [0.1, 0.15) is 0 Å². The van der Waals surface area contributed by atoms with Crippen LogP contribution in [-0.4, -0.2) is 18.9 Å². The topological polar surface area (TPSA) is 29.1 Å². The highest BCUT2D eigenvalue weighted by atomic mass is 19.4. The maximum absolute atomic E-state index is 12.6. The predicted molar refractivity (Wildman–Crippen MR) is 90.8 cm³/mol. The minimum Gasteiger partial charge on any atom is -0.316 e. The van der Waals surface area contributed by atoms with Crippen molar-refractivity contribution in [3.63, 3.8) is 0 Å². The summed E-state index contributed by atoms with van der Waals surface area (Å²) in [6, 6.07) is 12.4. The third-order valence-corrected chi connectivity index (χ3v) is 4.65. The van der Waals surface area contributed by atoms with Crippen molar-refractivity contribution in [3.05, 3.63) is 70.8 Å².